The summed E-state index contributed by atoms with van der Waals surface area (Å²) in [7, 11) is 1.38. The second-order valence-electron chi connectivity index (χ2n) is 5.16. The van der Waals surface area contributed by atoms with Gasteiger partial charge in [-0.3, -0.25) is 14.5 Å². The van der Waals surface area contributed by atoms with Crippen LogP contribution in [0.1, 0.15) is 13.8 Å². The zero-order chi connectivity index (χ0) is 13.8. The van der Waals surface area contributed by atoms with Gasteiger partial charge in [-0.2, -0.15) is 0 Å². The first kappa shape index (κ1) is 15.2. The SMILES string of the molecule is COC(=O)CN1CCN(C(=O)C(C)(C)CCl)CC1. The third kappa shape index (κ3) is 3.85. The van der Waals surface area contributed by atoms with E-state index in [0.717, 1.165) is 0 Å². The number of amides is 1. The number of carbonyl (C=O) groups excluding carboxylic acids is 2. The maximum atomic E-state index is 12.2. The number of ether oxygens (including phenoxy) is 1. The summed E-state index contributed by atoms with van der Waals surface area (Å²) in [6.45, 7) is 6.65. The van der Waals surface area contributed by atoms with Crippen LogP contribution in [-0.4, -0.2) is 67.4 Å². The number of hydrogen-bond donors (Lipinski definition) is 0. The summed E-state index contributed by atoms with van der Waals surface area (Å²) in [6, 6.07) is 0. The lowest BCUT2D eigenvalue weighted by atomic mass is 9.94. The van der Waals surface area contributed by atoms with Gasteiger partial charge in [0.2, 0.25) is 5.91 Å². The second kappa shape index (κ2) is 6.38. The molecule has 0 aromatic heterocycles. The normalized spacial score (nSPS) is 17.7. The van der Waals surface area contributed by atoms with Gasteiger partial charge in [-0.1, -0.05) is 0 Å². The lowest BCUT2D eigenvalue weighted by Crippen LogP contribution is -2.53. The molecule has 1 aliphatic heterocycles. The summed E-state index contributed by atoms with van der Waals surface area (Å²) < 4.78 is 4.62. The minimum Gasteiger partial charge on any atom is -0.468 e. The van der Waals surface area contributed by atoms with Gasteiger partial charge in [0.1, 0.15) is 0 Å². The van der Waals surface area contributed by atoms with Crippen molar-refractivity contribution in [3.8, 4) is 0 Å². The molecule has 0 N–H and O–H groups in total. The average Bonchev–Trinajstić information content (AvgIpc) is 2.38. The van der Waals surface area contributed by atoms with Gasteiger partial charge in [-0.05, 0) is 13.8 Å². The molecule has 0 spiro atoms. The van der Waals surface area contributed by atoms with Crippen molar-refractivity contribution in [2.24, 2.45) is 5.41 Å². The van der Waals surface area contributed by atoms with Crippen LogP contribution in [0.5, 0.6) is 0 Å². The molecular weight excluding hydrogens is 256 g/mol. The molecule has 0 unspecified atom stereocenters. The van der Waals surface area contributed by atoms with E-state index in [1.165, 1.54) is 7.11 Å². The third-order valence-corrected chi connectivity index (χ3v) is 3.82. The highest BCUT2D eigenvalue weighted by Crippen LogP contribution is 2.21. The predicted octanol–water partition coefficient (Wildman–Crippen LogP) is 0.569. The first-order chi connectivity index (χ1) is 8.40. The molecule has 1 fully saturated rings. The number of halogens is 1. The summed E-state index contributed by atoms with van der Waals surface area (Å²) >= 11 is 5.80. The van der Waals surface area contributed by atoms with Crippen molar-refractivity contribution in [3.05, 3.63) is 0 Å². The molecule has 0 saturated carbocycles. The molecule has 0 atom stereocenters. The smallest absolute Gasteiger partial charge is 0.319 e. The number of esters is 1. The highest BCUT2D eigenvalue weighted by molar-refractivity contribution is 6.19. The van der Waals surface area contributed by atoms with Crippen molar-refractivity contribution in [1.82, 2.24) is 9.80 Å². The van der Waals surface area contributed by atoms with E-state index in [-0.39, 0.29) is 18.4 Å². The highest BCUT2D eigenvalue weighted by Gasteiger charge is 2.33. The number of carbonyl (C=O) groups is 2. The van der Waals surface area contributed by atoms with Gasteiger partial charge >= 0.3 is 5.97 Å². The van der Waals surface area contributed by atoms with Crippen LogP contribution < -0.4 is 0 Å². The van der Waals surface area contributed by atoms with Crippen molar-refractivity contribution in [1.29, 1.82) is 0 Å². The summed E-state index contributed by atoms with van der Waals surface area (Å²) in [6.07, 6.45) is 0. The first-order valence-electron chi connectivity index (χ1n) is 6.05. The average molecular weight is 277 g/mol. The number of hydrogen-bond acceptors (Lipinski definition) is 4. The van der Waals surface area contributed by atoms with Crippen molar-refractivity contribution in [3.63, 3.8) is 0 Å². The van der Waals surface area contributed by atoms with E-state index in [4.69, 9.17) is 11.6 Å². The van der Waals surface area contributed by atoms with E-state index in [1.807, 2.05) is 23.6 Å². The van der Waals surface area contributed by atoms with Crippen LogP contribution in [-0.2, 0) is 14.3 Å². The minimum absolute atomic E-state index is 0.0789. The van der Waals surface area contributed by atoms with E-state index in [9.17, 15) is 9.59 Å². The molecule has 1 saturated heterocycles. The molecule has 1 rings (SSSR count). The van der Waals surface area contributed by atoms with Gasteiger partial charge in [0.15, 0.2) is 0 Å². The number of piperazine rings is 1. The zero-order valence-electron chi connectivity index (χ0n) is 11.2. The predicted molar refractivity (Wildman–Crippen MR) is 69.5 cm³/mol. The van der Waals surface area contributed by atoms with Gasteiger partial charge < -0.3 is 9.64 Å². The summed E-state index contributed by atoms with van der Waals surface area (Å²) in [5.74, 6) is 0.153. The maximum absolute atomic E-state index is 12.2. The van der Waals surface area contributed by atoms with E-state index in [2.05, 4.69) is 4.74 Å². The Hall–Kier alpha value is -0.810. The fourth-order valence-corrected chi connectivity index (χ4v) is 1.96. The summed E-state index contributed by atoms with van der Waals surface area (Å²) in [5, 5.41) is 0. The quantitative estimate of drug-likeness (QED) is 0.556. The van der Waals surface area contributed by atoms with Crippen LogP contribution in [0, 0.1) is 5.41 Å². The number of methoxy groups -OCH3 is 1. The number of alkyl halides is 1. The van der Waals surface area contributed by atoms with E-state index in [0.29, 0.717) is 32.1 Å². The molecule has 1 heterocycles. The Morgan fingerprint density at radius 2 is 1.78 bits per heavy atom. The standard InChI is InChI=1S/C12H21ClN2O3/c1-12(2,9-13)11(17)15-6-4-14(5-7-15)8-10(16)18-3/h4-9H2,1-3H3. The minimum atomic E-state index is -0.522. The Bertz CT molecular complexity index is 312. The summed E-state index contributed by atoms with van der Waals surface area (Å²) in [5.41, 5.74) is -0.522. The Morgan fingerprint density at radius 3 is 2.22 bits per heavy atom. The molecule has 18 heavy (non-hydrogen) atoms. The molecule has 104 valence electrons. The number of rotatable bonds is 4. The van der Waals surface area contributed by atoms with Crippen LogP contribution in [0.15, 0.2) is 0 Å². The van der Waals surface area contributed by atoms with Gasteiger partial charge in [0, 0.05) is 32.1 Å². The van der Waals surface area contributed by atoms with Crippen LogP contribution in [0.4, 0.5) is 0 Å². The Kier molecular flexibility index (Phi) is 5.41. The van der Waals surface area contributed by atoms with E-state index in [1.54, 1.807) is 0 Å². The molecule has 0 radical (unpaired) electrons. The topological polar surface area (TPSA) is 49.9 Å². The lowest BCUT2D eigenvalue weighted by Gasteiger charge is -2.37. The molecule has 5 nitrogen and oxygen atoms in total. The lowest BCUT2D eigenvalue weighted by molar-refractivity contribution is -0.144. The monoisotopic (exact) mass is 276 g/mol. The highest BCUT2D eigenvalue weighted by atomic mass is 35.5. The fourth-order valence-electron chi connectivity index (χ4n) is 1.84. The Labute approximate surface area is 113 Å². The van der Waals surface area contributed by atoms with Crippen molar-refractivity contribution in [2.75, 3.05) is 45.7 Å². The van der Waals surface area contributed by atoms with Crippen molar-refractivity contribution in [2.45, 2.75) is 13.8 Å². The Morgan fingerprint density at radius 1 is 1.22 bits per heavy atom. The molecule has 0 bridgehead atoms. The van der Waals surface area contributed by atoms with Crippen molar-refractivity contribution < 1.29 is 14.3 Å². The number of nitrogens with zero attached hydrogens (tertiary/aromatic N) is 2. The Balaban J connectivity index is 2.44. The van der Waals surface area contributed by atoms with Crippen LogP contribution in [0.2, 0.25) is 0 Å². The van der Waals surface area contributed by atoms with Gasteiger partial charge in [-0.15, -0.1) is 11.6 Å². The van der Waals surface area contributed by atoms with Gasteiger partial charge in [0.25, 0.3) is 0 Å². The molecular formula is C12H21ClN2O3. The van der Waals surface area contributed by atoms with Crippen LogP contribution in [0.25, 0.3) is 0 Å². The zero-order valence-corrected chi connectivity index (χ0v) is 12.0. The van der Waals surface area contributed by atoms with E-state index < -0.39 is 5.41 Å². The second-order valence-corrected chi connectivity index (χ2v) is 5.43. The van der Waals surface area contributed by atoms with E-state index >= 15 is 0 Å². The molecule has 6 heteroatoms. The van der Waals surface area contributed by atoms with Gasteiger partial charge in [0.05, 0.1) is 19.1 Å². The maximum Gasteiger partial charge on any atom is 0.319 e. The molecule has 1 amide bonds. The molecule has 0 aromatic rings. The summed E-state index contributed by atoms with van der Waals surface area (Å²) in [4.78, 5) is 27.1. The van der Waals surface area contributed by atoms with Crippen LogP contribution >= 0.6 is 11.6 Å². The molecule has 0 aromatic carbocycles. The van der Waals surface area contributed by atoms with Crippen molar-refractivity contribution >= 4 is 23.5 Å². The van der Waals surface area contributed by atoms with Crippen LogP contribution in [0.3, 0.4) is 0 Å². The first-order valence-corrected chi connectivity index (χ1v) is 6.58. The fraction of sp³-hybridized carbons (Fsp3) is 0.833. The largest absolute Gasteiger partial charge is 0.468 e. The molecule has 0 aliphatic carbocycles. The van der Waals surface area contributed by atoms with Gasteiger partial charge in [-0.25, -0.2) is 0 Å². The third-order valence-electron chi connectivity index (χ3n) is 3.15. The molecule has 1 aliphatic rings.